The van der Waals surface area contributed by atoms with E-state index >= 15 is 0 Å². The smallest absolute Gasteiger partial charge is 0.247 e. The van der Waals surface area contributed by atoms with Crippen molar-refractivity contribution in [2.24, 2.45) is 5.92 Å². The maximum Gasteiger partial charge on any atom is 0.247 e. The molecule has 0 spiro atoms. The molecule has 1 saturated carbocycles. The minimum atomic E-state index is -0.353. The molecule has 0 radical (unpaired) electrons. The van der Waals surface area contributed by atoms with Crippen molar-refractivity contribution < 1.29 is 9.59 Å². The Hall–Kier alpha value is -2.15. The van der Waals surface area contributed by atoms with Gasteiger partial charge in [0.25, 0.3) is 0 Å². The Bertz CT molecular complexity index is 865. The predicted octanol–water partition coefficient (Wildman–Crippen LogP) is 3.35. The SMILES string of the molecule is O=C(Nc1ccc2[nH]c(=S)[nH]c2c1)C1CCCN1C(=O)C1CCCC1. The second-order valence-corrected chi connectivity index (χ2v) is 7.41. The maximum atomic E-state index is 12.7. The number of imidazole rings is 1. The van der Waals surface area contributed by atoms with Crippen molar-refractivity contribution in [1.82, 2.24) is 14.9 Å². The number of benzene rings is 1. The number of carbonyl (C=O) groups excluding carboxylic acids is 2. The van der Waals surface area contributed by atoms with Gasteiger partial charge in [0.2, 0.25) is 11.8 Å². The fourth-order valence-electron chi connectivity index (χ4n) is 4.05. The molecular formula is C18H22N4O2S. The van der Waals surface area contributed by atoms with Crippen LogP contribution in [0.5, 0.6) is 0 Å². The van der Waals surface area contributed by atoms with E-state index in [1.165, 1.54) is 0 Å². The molecule has 1 aromatic heterocycles. The van der Waals surface area contributed by atoms with E-state index in [0.717, 1.165) is 49.6 Å². The Morgan fingerprint density at radius 1 is 1.08 bits per heavy atom. The molecule has 1 atom stereocenters. The van der Waals surface area contributed by atoms with Crippen LogP contribution in [0.25, 0.3) is 11.0 Å². The molecular weight excluding hydrogens is 336 g/mol. The zero-order valence-corrected chi connectivity index (χ0v) is 14.8. The van der Waals surface area contributed by atoms with Gasteiger partial charge in [-0.1, -0.05) is 12.8 Å². The fraction of sp³-hybridized carbons (Fsp3) is 0.500. The van der Waals surface area contributed by atoms with E-state index in [2.05, 4.69) is 15.3 Å². The fourth-order valence-corrected chi connectivity index (χ4v) is 4.27. The van der Waals surface area contributed by atoms with Crippen LogP contribution < -0.4 is 5.32 Å². The summed E-state index contributed by atoms with van der Waals surface area (Å²) in [6, 6.07) is 5.23. The van der Waals surface area contributed by atoms with Crippen molar-refractivity contribution in [3.05, 3.63) is 23.0 Å². The molecule has 1 aromatic carbocycles. The van der Waals surface area contributed by atoms with Gasteiger partial charge >= 0.3 is 0 Å². The number of nitrogens with zero attached hydrogens (tertiary/aromatic N) is 1. The maximum absolute atomic E-state index is 12.7. The van der Waals surface area contributed by atoms with Crippen molar-refractivity contribution in [2.45, 2.75) is 44.6 Å². The average Bonchev–Trinajstić information content (AvgIpc) is 3.33. The topological polar surface area (TPSA) is 81.0 Å². The van der Waals surface area contributed by atoms with Gasteiger partial charge in [0.1, 0.15) is 6.04 Å². The molecule has 2 fully saturated rings. The van der Waals surface area contributed by atoms with E-state index < -0.39 is 0 Å². The highest BCUT2D eigenvalue weighted by molar-refractivity contribution is 7.71. The third kappa shape index (κ3) is 3.20. The first kappa shape index (κ1) is 16.3. The quantitative estimate of drug-likeness (QED) is 0.736. The summed E-state index contributed by atoms with van der Waals surface area (Å²) < 4.78 is 0.558. The van der Waals surface area contributed by atoms with Crippen molar-refractivity contribution in [3.8, 4) is 0 Å². The van der Waals surface area contributed by atoms with E-state index in [-0.39, 0.29) is 23.8 Å². The van der Waals surface area contributed by atoms with E-state index in [9.17, 15) is 9.59 Å². The van der Waals surface area contributed by atoms with Crippen molar-refractivity contribution in [1.29, 1.82) is 0 Å². The normalized spacial score (nSPS) is 21.1. The van der Waals surface area contributed by atoms with E-state index in [1.807, 2.05) is 18.2 Å². The monoisotopic (exact) mass is 358 g/mol. The number of amides is 2. The van der Waals surface area contributed by atoms with Crippen LogP contribution in [-0.4, -0.2) is 39.3 Å². The number of H-pyrrole nitrogens is 2. The lowest BCUT2D eigenvalue weighted by molar-refractivity contribution is -0.140. The first-order chi connectivity index (χ1) is 12.1. The zero-order valence-electron chi connectivity index (χ0n) is 14.0. The summed E-state index contributed by atoms with van der Waals surface area (Å²) in [7, 11) is 0. The lowest BCUT2D eigenvalue weighted by Gasteiger charge is -2.26. The third-order valence-corrected chi connectivity index (χ3v) is 5.53. The molecule has 25 heavy (non-hydrogen) atoms. The first-order valence-electron chi connectivity index (χ1n) is 8.95. The Morgan fingerprint density at radius 2 is 1.84 bits per heavy atom. The summed E-state index contributed by atoms with van der Waals surface area (Å²) in [5.41, 5.74) is 2.47. The van der Waals surface area contributed by atoms with Crippen LogP contribution in [0, 0.1) is 10.7 Å². The van der Waals surface area contributed by atoms with Gasteiger partial charge < -0.3 is 20.2 Å². The Balaban J connectivity index is 1.48. The van der Waals surface area contributed by atoms with Crippen molar-refractivity contribution in [3.63, 3.8) is 0 Å². The van der Waals surface area contributed by atoms with E-state index in [4.69, 9.17) is 12.2 Å². The average molecular weight is 358 g/mol. The largest absolute Gasteiger partial charge is 0.331 e. The number of carbonyl (C=O) groups is 2. The second kappa shape index (κ2) is 6.63. The second-order valence-electron chi connectivity index (χ2n) is 7.00. The molecule has 1 unspecified atom stereocenters. The zero-order chi connectivity index (χ0) is 17.4. The van der Waals surface area contributed by atoms with Crippen molar-refractivity contribution >= 4 is 40.8 Å². The summed E-state index contributed by atoms with van der Waals surface area (Å²) >= 11 is 5.09. The number of anilines is 1. The summed E-state index contributed by atoms with van der Waals surface area (Å²) in [6.07, 6.45) is 5.80. The summed E-state index contributed by atoms with van der Waals surface area (Å²) in [5, 5.41) is 2.96. The Morgan fingerprint density at radius 3 is 2.64 bits per heavy atom. The van der Waals surface area contributed by atoms with Crippen molar-refractivity contribution in [2.75, 3.05) is 11.9 Å². The molecule has 3 N–H and O–H groups in total. The van der Waals surface area contributed by atoms with Crippen LogP contribution in [0.2, 0.25) is 0 Å². The van der Waals surface area contributed by atoms with Gasteiger partial charge in [-0.3, -0.25) is 9.59 Å². The van der Waals surface area contributed by atoms with Crippen LogP contribution in [0.15, 0.2) is 18.2 Å². The number of hydrogen-bond acceptors (Lipinski definition) is 3. The number of rotatable bonds is 3. The first-order valence-corrected chi connectivity index (χ1v) is 9.36. The molecule has 6 nitrogen and oxygen atoms in total. The lowest BCUT2D eigenvalue weighted by atomic mass is 10.1. The number of fused-ring (bicyclic) bond motifs is 1. The van der Waals surface area contributed by atoms with Gasteiger partial charge in [-0.15, -0.1) is 0 Å². The van der Waals surface area contributed by atoms with Gasteiger partial charge in [-0.25, -0.2) is 0 Å². The highest BCUT2D eigenvalue weighted by Gasteiger charge is 2.37. The molecule has 2 aliphatic rings. The molecule has 1 aliphatic carbocycles. The highest BCUT2D eigenvalue weighted by atomic mass is 32.1. The van der Waals surface area contributed by atoms with Crippen LogP contribution in [0.1, 0.15) is 38.5 Å². The van der Waals surface area contributed by atoms with Crippen LogP contribution >= 0.6 is 12.2 Å². The van der Waals surface area contributed by atoms with Crippen LogP contribution in [-0.2, 0) is 9.59 Å². The molecule has 4 rings (SSSR count). The molecule has 2 aromatic rings. The summed E-state index contributed by atoms with van der Waals surface area (Å²) in [6.45, 7) is 0.692. The standard InChI is InChI=1S/C18H22N4O2S/c23-16(19-12-7-8-13-14(10-12)21-18(25)20-13)15-6-3-9-22(15)17(24)11-4-1-2-5-11/h7-8,10-11,15H,1-6,9H2,(H,19,23)(H2,20,21,25). The summed E-state index contributed by atoms with van der Waals surface area (Å²) in [5.74, 6) is 0.183. The lowest BCUT2D eigenvalue weighted by Crippen LogP contribution is -2.45. The molecule has 132 valence electrons. The molecule has 1 aliphatic heterocycles. The Kier molecular flexibility index (Phi) is 4.33. The number of aromatic amines is 2. The highest BCUT2D eigenvalue weighted by Crippen LogP contribution is 2.30. The van der Waals surface area contributed by atoms with Crippen LogP contribution in [0.3, 0.4) is 0 Å². The molecule has 0 bridgehead atoms. The van der Waals surface area contributed by atoms with Gasteiger partial charge in [0.15, 0.2) is 4.77 Å². The van der Waals surface area contributed by atoms with Gasteiger partial charge in [0, 0.05) is 18.2 Å². The van der Waals surface area contributed by atoms with E-state index in [0.29, 0.717) is 17.0 Å². The number of likely N-dealkylation sites (tertiary alicyclic amines) is 1. The van der Waals surface area contributed by atoms with Gasteiger partial charge in [-0.2, -0.15) is 0 Å². The molecule has 2 amide bonds. The Labute approximate surface area is 151 Å². The van der Waals surface area contributed by atoms with Gasteiger partial charge in [-0.05, 0) is 56.1 Å². The molecule has 7 heteroatoms. The predicted molar refractivity (Wildman–Crippen MR) is 98.8 cm³/mol. The summed E-state index contributed by atoms with van der Waals surface area (Å²) in [4.78, 5) is 33.3. The third-order valence-electron chi connectivity index (χ3n) is 5.33. The van der Waals surface area contributed by atoms with E-state index in [1.54, 1.807) is 4.90 Å². The number of hydrogen-bond donors (Lipinski definition) is 3. The van der Waals surface area contributed by atoms with Gasteiger partial charge in [0.05, 0.1) is 11.0 Å². The molecule has 1 saturated heterocycles. The number of nitrogens with one attached hydrogen (secondary N) is 3. The molecule has 2 heterocycles. The minimum Gasteiger partial charge on any atom is -0.331 e. The number of aromatic nitrogens is 2. The minimum absolute atomic E-state index is 0.0997. The van der Waals surface area contributed by atoms with Crippen LogP contribution in [0.4, 0.5) is 5.69 Å².